The Balaban J connectivity index is 1.48. The van der Waals surface area contributed by atoms with E-state index >= 15 is 0 Å². The highest BCUT2D eigenvalue weighted by molar-refractivity contribution is 7.80. The Morgan fingerprint density at radius 2 is 1.27 bits per heavy atom. The fraction of sp³-hybridized carbons (Fsp3) is 0.600. The Kier molecular flexibility index (Phi) is 26.3. The lowest BCUT2D eigenvalue weighted by molar-refractivity contribution is -0.147. The zero-order chi connectivity index (χ0) is 57.5. The maximum absolute atomic E-state index is 14.2. The number of carboxylic acids is 3. The van der Waals surface area contributed by atoms with Crippen LogP contribution in [0.3, 0.4) is 0 Å². The number of aromatic amines is 1. The summed E-state index contributed by atoms with van der Waals surface area (Å²) in [5.41, 5.74) is 0.803. The van der Waals surface area contributed by atoms with Crippen molar-refractivity contribution in [2.45, 2.75) is 158 Å². The number of carboxylic acid groups (broad SMARTS) is 3. The number of thiol groups is 2. The summed E-state index contributed by atoms with van der Waals surface area (Å²) < 4.78 is 0. The molecule has 1 aromatic heterocycles. The van der Waals surface area contributed by atoms with Gasteiger partial charge in [-0.2, -0.15) is 25.3 Å². The van der Waals surface area contributed by atoms with Crippen molar-refractivity contribution < 1.29 is 73.2 Å². The number of H-pyrrole nitrogens is 1. The van der Waals surface area contributed by atoms with Crippen molar-refractivity contribution >= 4 is 90.4 Å². The van der Waals surface area contributed by atoms with Crippen molar-refractivity contribution in [1.29, 1.82) is 0 Å². The van der Waals surface area contributed by atoms with Crippen molar-refractivity contribution in [3.8, 4) is 0 Å². The summed E-state index contributed by atoms with van der Waals surface area (Å²) in [5.74, 6) is -11.7. The number of carbonyl (C=O) groups is 11. The van der Waals surface area contributed by atoms with Crippen molar-refractivity contribution in [2.75, 3.05) is 31.1 Å². The normalized spacial score (nSPS) is 18.2. The quantitative estimate of drug-likeness (QED) is 0.0279. The maximum atomic E-state index is 14.2. The molecule has 430 valence electrons. The number of aliphatic carboxylic acids is 3. The van der Waals surface area contributed by atoms with Gasteiger partial charge in [-0.3, -0.25) is 47.9 Å². The second kappa shape index (κ2) is 32.2. The number of nitrogens with zero attached hydrogens (tertiary/aromatic N) is 3. The Bertz CT molecular complexity index is 2380. The third-order valence-electron chi connectivity index (χ3n) is 13.2. The van der Waals surface area contributed by atoms with E-state index in [4.69, 9.17) is 0 Å². The van der Waals surface area contributed by atoms with Gasteiger partial charge in [0, 0.05) is 55.7 Å². The minimum absolute atomic E-state index is 0.173. The maximum Gasteiger partial charge on any atom is 0.326 e. The smallest absolute Gasteiger partial charge is 0.326 e. The van der Waals surface area contributed by atoms with Crippen LogP contribution in [0.4, 0.5) is 0 Å². The van der Waals surface area contributed by atoms with Gasteiger partial charge in [-0.1, -0.05) is 56.5 Å². The number of carbonyl (C=O) groups excluding carboxylic acids is 8. The first-order valence-electron chi connectivity index (χ1n) is 25.9. The molecule has 0 radical (unpaired) electrons. The van der Waals surface area contributed by atoms with Crippen molar-refractivity contribution in [2.24, 2.45) is 0 Å². The van der Waals surface area contributed by atoms with Gasteiger partial charge in [-0.05, 0) is 57.6 Å². The van der Waals surface area contributed by atoms with Crippen LogP contribution in [0.5, 0.6) is 0 Å². The molecule has 4 rings (SSSR count). The van der Waals surface area contributed by atoms with Crippen LogP contribution in [0.25, 0.3) is 0 Å². The van der Waals surface area contributed by atoms with Crippen LogP contribution in [0.2, 0.25) is 0 Å². The van der Waals surface area contributed by atoms with E-state index in [1.165, 1.54) is 29.2 Å². The number of benzene rings is 1. The van der Waals surface area contributed by atoms with Gasteiger partial charge in [-0.15, -0.1) is 0 Å². The molecule has 12 N–H and O–H groups in total. The third kappa shape index (κ3) is 19.6. The largest absolute Gasteiger partial charge is 0.481 e. The van der Waals surface area contributed by atoms with Crippen molar-refractivity contribution in [3.63, 3.8) is 0 Å². The summed E-state index contributed by atoms with van der Waals surface area (Å²) in [7, 11) is 0. The van der Waals surface area contributed by atoms with Crippen LogP contribution in [-0.2, 0) is 65.6 Å². The minimum Gasteiger partial charge on any atom is -0.481 e. The second-order valence-corrected chi connectivity index (χ2v) is 19.9. The first-order chi connectivity index (χ1) is 37.2. The number of imidazole rings is 1. The Labute approximate surface area is 462 Å². The molecule has 0 bridgehead atoms. The molecular weight excluding hydrogens is 1060 g/mol. The summed E-state index contributed by atoms with van der Waals surface area (Å²) in [5, 5.41) is 57.2. The van der Waals surface area contributed by atoms with E-state index < -0.39 is 145 Å². The minimum atomic E-state index is -1.85. The summed E-state index contributed by atoms with van der Waals surface area (Å²) >= 11 is 8.55. The van der Waals surface area contributed by atoms with Gasteiger partial charge in [0.2, 0.25) is 47.3 Å². The highest BCUT2D eigenvalue weighted by Gasteiger charge is 2.44. The molecule has 0 unspecified atom stereocenters. The molecule has 8 amide bonds. The number of likely N-dealkylation sites (tertiary alicyclic amines) is 2. The van der Waals surface area contributed by atoms with Crippen LogP contribution in [0.15, 0.2) is 42.9 Å². The molecule has 2 fully saturated rings. The van der Waals surface area contributed by atoms with Crippen LogP contribution in [-0.4, -0.2) is 197 Å². The topological polar surface area (TPSA) is 388 Å². The molecule has 0 spiro atoms. The molecule has 2 aromatic rings. The number of amides is 8. The number of rotatable bonds is 33. The summed E-state index contributed by atoms with van der Waals surface area (Å²) in [4.78, 5) is 156. The van der Waals surface area contributed by atoms with E-state index in [9.17, 15) is 73.2 Å². The van der Waals surface area contributed by atoms with Crippen LogP contribution in [0.1, 0.15) is 95.7 Å². The second-order valence-electron chi connectivity index (χ2n) is 19.2. The van der Waals surface area contributed by atoms with E-state index in [2.05, 4.69) is 79.4 Å². The Morgan fingerprint density at radius 1 is 0.679 bits per heavy atom. The number of aromatic nitrogens is 2. The van der Waals surface area contributed by atoms with Gasteiger partial charge < -0.3 is 72.4 Å². The zero-order valence-electron chi connectivity index (χ0n) is 43.6. The molecule has 78 heavy (non-hydrogen) atoms. The van der Waals surface area contributed by atoms with Gasteiger partial charge in [0.25, 0.3) is 0 Å². The van der Waals surface area contributed by atoms with E-state index in [0.29, 0.717) is 43.6 Å². The molecule has 2 saturated heterocycles. The number of hydrogen-bond acceptors (Lipinski definition) is 16. The fourth-order valence-corrected chi connectivity index (χ4v) is 9.58. The summed E-state index contributed by atoms with van der Waals surface area (Å²) in [6, 6.07) is -4.50. The monoisotopic (exact) mass is 1130 g/mol. The van der Waals surface area contributed by atoms with Gasteiger partial charge in [0.05, 0.1) is 24.9 Å². The molecular formula is C50H73N11O15S2. The number of nitrogens with one attached hydrogen (secondary N) is 8. The molecule has 2 aliphatic heterocycles. The predicted molar refractivity (Wildman–Crippen MR) is 286 cm³/mol. The van der Waals surface area contributed by atoms with E-state index in [-0.39, 0.29) is 37.5 Å². The predicted octanol–water partition coefficient (Wildman–Crippen LogP) is -1.71. The molecule has 0 saturated carbocycles. The van der Waals surface area contributed by atoms with Crippen LogP contribution < -0.4 is 37.2 Å². The molecule has 2 aliphatic rings. The number of aliphatic hydroxyl groups is 1. The standard InChI is InChI=1S/C50H73N11O15S2/c1-3-4-5-9-18-52-36(26-78)48(73)61-20-11-15-38(61)49(74)60-19-10-14-37(60)46(71)59-41(28(2)62)47(72)54-31(16-17-39(63)64)42(67)55-32(21-29-12-7-6-8-13-29)43(68)58-35(25-77)45(70)56-33(23-40(65)66)44(69)57-34(50(75)76)22-30-24-51-27-53-30/h6-8,12-13,24,27-28,31-38,41,52,62,77-78H,3-5,9-11,14-23,25-26H2,1-2H3,(H,51,53)(H,54,72)(H,55,67)(H,56,70)(H,57,69)(H,58,68)(H,59,71)(H,63,64)(H,65,66)(H,75,76)/t28-,31+,32+,33+,34+,35+,36+,37+,38+,41+/m1/s1. The molecule has 26 nitrogen and oxygen atoms in total. The lowest BCUT2D eigenvalue weighted by Gasteiger charge is -2.33. The fourth-order valence-electron chi connectivity index (χ4n) is 9.04. The average Bonchev–Trinajstić information content (AvgIpc) is 4.23. The van der Waals surface area contributed by atoms with E-state index in [1.807, 2.05) is 0 Å². The van der Waals surface area contributed by atoms with Crippen LogP contribution in [0, 0.1) is 0 Å². The first-order valence-corrected chi connectivity index (χ1v) is 27.2. The van der Waals surface area contributed by atoms with Gasteiger partial charge >= 0.3 is 17.9 Å². The summed E-state index contributed by atoms with van der Waals surface area (Å²) in [6.45, 7) is 4.40. The lowest BCUT2D eigenvalue weighted by Crippen LogP contribution is -2.62. The van der Waals surface area contributed by atoms with Crippen LogP contribution >= 0.6 is 25.3 Å². The highest BCUT2D eigenvalue weighted by atomic mass is 32.1. The SMILES string of the molecule is CCCCCCN[C@@H](CS)C(=O)N1CCC[C@H]1C(=O)N1CCC[C@H]1C(=O)N[C@H](C(=O)N[C@@H](CCC(=O)O)C(=O)N[C@@H](Cc1ccccc1)C(=O)N[C@@H](CS)C(=O)N[C@@H](CC(=O)O)C(=O)N[C@@H](Cc1cnc[nH]1)C(=O)O)[C@@H](C)O. The van der Waals surface area contributed by atoms with E-state index in [1.54, 1.807) is 30.3 Å². The van der Waals surface area contributed by atoms with Gasteiger partial charge in [0.15, 0.2) is 0 Å². The number of aliphatic hydroxyl groups excluding tert-OH is 1. The molecule has 28 heteroatoms. The van der Waals surface area contributed by atoms with Gasteiger partial charge in [0.1, 0.15) is 48.3 Å². The Morgan fingerprint density at radius 3 is 1.87 bits per heavy atom. The van der Waals surface area contributed by atoms with E-state index in [0.717, 1.165) is 25.7 Å². The summed E-state index contributed by atoms with van der Waals surface area (Å²) in [6.07, 6.45) is 3.72. The first kappa shape index (κ1) is 63.8. The average molecular weight is 1130 g/mol. The number of hydrogen-bond donors (Lipinski definition) is 14. The molecule has 1 aromatic carbocycles. The number of unbranched alkanes of at least 4 members (excludes halogenated alkanes) is 3. The molecule has 10 atom stereocenters. The molecule has 3 heterocycles. The van der Waals surface area contributed by atoms with Gasteiger partial charge in [-0.25, -0.2) is 9.78 Å². The highest BCUT2D eigenvalue weighted by Crippen LogP contribution is 2.26. The Hall–Kier alpha value is -6.78. The molecule has 0 aliphatic carbocycles. The lowest BCUT2D eigenvalue weighted by atomic mass is 10.0. The van der Waals surface area contributed by atoms with Crippen molar-refractivity contribution in [3.05, 3.63) is 54.1 Å². The third-order valence-corrected chi connectivity index (χ3v) is 14.0. The zero-order valence-corrected chi connectivity index (χ0v) is 45.3. The van der Waals surface area contributed by atoms with Crippen molar-refractivity contribution in [1.82, 2.24) is 57.0 Å².